The first kappa shape index (κ1) is 19.1. The molecule has 0 saturated carbocycles. The summed E-state index contributed by atoms with van der Waals surface area (Å²) in [7, 11) is 1.97. The molecule has 0 fully saturated rings. The van der Waals surface area contributed by atoms with Gasteiger partial charge in [-0.3, -0.25) is 14.6 Å². The molecule has 3 aromatic rings. The van der Waals surface area contributed by atoms with Crippen LogP contribution in [0.1, 0.15) is 23.0 Å². The maximum Gasteiger partial charge on any atom is 0.274 e. The summed E-state index contributed by atoms with van der Waals surface area (Å²) in [6.45, 7) is 2.16. The van der Waals surface area contributed by atoms with E-state index in [4.69, 9.17) is 0 Å². The van der Waals surface area contributed by atoms with Crippen LogP contribution in [-0.4, -0.2) is 23.8 Å². The Balaban J connectivity index is 1.71. The van der Waals surface area contributed by atoms with Gasteiger partial charge in [-0.25, -0.2) is 0 Å². The first-order valence-corrected chi connectivity index (χ1v) is 8.91. The van der Waals surface area contributed by atoms with Gasteiger partial charge in [0.1, 0.15) is 5.69 Å². The quantitative estimate of drug-likeness (QED) is 0.686. The second-order valence-corrected chi connectivity index (χ2v) is 6.46. The highest BCUT2D eigenvalue weighted by atomic mass is 16.2. The van der Waals surface area contributed by atoms with Crippen molar-refractivity contribution in [2.24, 2.45) is 0 Å². The van der Waals surface area contributed by atoms with Crippen LogP contribution in [0.25, 0.3) is 0 Å². The van der Waals surface area contributed by atoms with Gasteiger partial charge in [0.2, 0.25) is 5.91 Å². The maximum absolute atomic E-state index is 12.6. The summed E-state index contributed by atoms with van der Waals surface area (Å²) in [5.74, 6) is -0.478. The van der Waals surface area contributed by atoms with Gasteiger partial charge in [-0.15, -0.1) is 0 Å². The third-order valence-corrected chi connectivity index (χ3v) is 4.12. The Hall–Kier alpha value is -3.67. The summed E-state index contributed by atoms with van der Waals surface area (Å²) in [6.07, 6.45) is 1.62. The van der Waals surface area contributed by atoms with Crippen LogP contribution < -0.4 is 15.5 Å². The summed E-state index contributed by atoms with van der Waals surface area (Å²) in [6, 6.07) is 20.7. The van der Waals surface area contributed by atoms with Crippen LogP contribution in [0, 0.1) is 0 Å². The highest BCUT2D eigenvalue weighted by Crippen LogP contribution is 2.19. The van der Waals surface area contributed by atoms with Gasteiger partial charge in [0.25, 0.3) is 5.91 Å². The lowest BCUT2D eigenvalue weighted by atomic mass is 10.2. The number of aromatic nitrogens is 1. The summed E-state index contributed by atoms with van der Waals surface area (Å²) in [5, 5.41) is 5.51. The zero-order chi connectivity index (χ0) is 19.9. The number of carbonyl (C=O) groups excluding carboxylic acids is 2. The SMILES string of the molecule is CC(=O)Nc1cccc(NC(=O)c2cc(N(C)Cc3ccccc3)ccn2)c1. The minimum absolute atomic E-state index is 0.167. The standard InChI is InChI=1S/C22H22N4O2/c1-16(27)24-18-9-6-10-19(13-18)25-22(28)21-14-20(11-12-23-21)26(2)15-17-7-4-3-5-8-17/h3-14H,15H2,1-2H3,(H,24,27)(H,25,28). The molecule has 6 nitrogen and oxygen atoms in total. The molecule has 0 atom stereocenters. The molecule has 0 spiro atoms. The summed E-state index contributed by atoms with van der Waals surface area (Å²) in [5.41, 5.74) is 3.61. The smallest absolute Gasteiger partial charge is 0.274 e. The number of carbonyl (C=O) groups is 2. The van der Waals surface area contributed by atoms with Gasteiger partial charge in [0.05, 0.1) is 0 Å². The first-order chi connectivity index (χ1) is 13.5. The molecule has 2 N–H and O–H groups in total. The minimum atomic E-state index is -0.310. The van der Waals surface area contributed by atoms with Crippen molar-refractivity contribution in [3.05, 3.63) is 84.2 Å². The predicted octanol–water partition coefficient (Wildman–Crippen LogP) is 3.93. The lowest BCUT2D eigenvalue weighted by Gasteiger charge is -2.19. The lowest BCUT2D eigenvalue weighted by molar-refractivity contribution is -0.114. The van der Waals surface area contributed by atoms with E-state index in [0.29, 0.717) is 17.1 Å². The number of hydrogen-bond acceptors (Lipinski definition) is 4. The van der Waals surface area contributed by atoms with Gasteiger partial charge in [-0.2, -0.15) is 0 Å². The molecule has 0 aliphatic heterocycles. The van der Waals surface area contributed by atoms with Gasteiger partial charge in [0, 0.05) is 43.8 Å². The average molecular weight is 374 g/mol. The average Bonchev–Trinajstić information content (AvgIpc) is 2.68. The number of hydrogen-bond donors (Lipinski definition) is 2. The molecule has 1 aromatic heterocycles. The highest BCUT2D eigenvalue weighted by molar-refractivity contribution is 6.03. The summed E-state index contributed by atoms with van der Waals surface area (Å²) in [4.78, 5) is 30.0. The van der Waals surface area contributed by atoms with E-state index < -0.39 is 0 Å². The van der Waals surface area contributed by atoms with Crippen molar-refractivity contribution >= 4 is 28.9 Å². The molecule has 0 saturated heterocycles. The Bertz CT molecular complexity index is 973. The third-order valence-electron chi connectivity index (χ3n) is 4.12. The number of rotatable bonds is 6. The molecule has 3 rings (SSSR count). The molecule has 2 aromatic carbocycles. The van der Waals surface area contributed by atoms with Crippen molar-refractivity contribution < 1.29 is 9.59 Å². The molecule has 2 amide bonds. The summed E-state index contributed by atoms with van der Waals surface area (Å²) >= 11 is 0. The third kappa shape index (κ3) is 5.17. The fourth-order valence-corrected chi connectivity index (χ4v) is 2.80. The van der Waals surface area contributed by atoms with Crippen molar-refractivity contribution in [2.75, 3.05) is 22.6 Å². The Morgan fingerprint density at radius 1 is 0.929 bits per heavy atom. The Kier molecular flexibility index (Phi) is 6.01. The fraction of sp³-hybridized carbons (Fsp3) is 0.136. The molecule has 0 unspecified atom stereocenters. The number of benzene rings is 2. The monoisotopic (exact) mass is 374 g/mol. The number of pyridine rings is 1. The van der Waals surface area contributed by atoms with Crippen LogP contribution in [0.2, 0.25) is 0 Å². The molecule has 142 valence electrons. The second kappa shape index (κ2) is 8.81. The van der Waals surface area contributed by atoms with E-state index >= 15 is 0 Å². The molecular formula is C22H22N4O2. The number of amides is 2. The van der Waals surface area contributed by atoms with Gasteiger partial charge in [0.15, 0.2) is 0 Å². The normalized spacial score (nSPS) is 10.2. The molecule has 0 bridgehead atoms. The van der Waals surface area contributed by atoms with Crippen molar-refractivity contribution in [3.63, 3.8) is 0 Å². The largest absolute Gasteiger partial charge is 0.370 e. The molecule has 28 heavy (non-hydrogen) atoms. The topological polar surface area (TPSA) is 74.3 Å². The second-order valence-electron chi connectivity index (χ2n) is 6.46. The van der Waals surface area contributed by atoms with Crippen LogP contribution in [-0.2, 0) is 11.3 Å². The van der Waals surface area contributed by atoms with Gasteiger partial charge in [-0.05, 0) is 35.9 Å². The molecular weight excluding hydrogens is 352 g/mol. The van der Waals surface area contributed by atoms with Crippen LogP contribution >= 0.6 is 0 Å². The van der Waals surface area contributed by atoms with Gasteiger partial charge >= 0.3 is 0 Å². The van der Waals surface area contributed by atoms with Crippen molar-refractivity contribution in [2.45, 2.75) is 13.5 Å². The van der Waals surface area contributed by atoms with E-state index in [0.717, 1.165) is 12.2 Å². The van der Waals surface area contributed by atoms with Crippen LogP contribution in [0.5, 0.6) is 0 Å². The number of anilines is 3. The Morgan fingerprint density at radius 3 is 2.36 bits per heavy atom. The lowest BCUT2D eigenvalue weighted by Crippen LogP contribution is -2.19. The molecule has 6 heteroatoms. The molecule has 0 radical (unpaired) electrons. The van der Waals surface area contributed by atoms with E-state index in [-0.39, 0.29) is 11.8 Å². The van der Waals surface area contributed by atoms with E-state index in [2.05, 4.69) is 32.7 Å². The van der Waals surface area contributed by atoms with Crippen molar-refractivity contribution in [1.82, 2.24) is 4.98 Å². The van der Waals surface area contributed by atoms with E-state index in [1.807, 2.05) is 31.3 Å². The zero-order valence-electron chi connectivity index (χ0n) is 15.8. The minimum Gasteiger partial charge on any atom is -0.370 e. The Morgan fingerprint density at radius 2 is 1.64 bits per heavy atom. The summed E-state index contributed by atoms with van der Waals surface area (Å²) < 4.78 is 0. The highest BCUT2D eigenvalue weighted by Gasteiger charge is 2.11. The predicted molar refractivity (Wildman–Crippen MR) is 111 cm³/mol. The van der Waals surface area contributed by atoms with E-state index in [1.165, 1.54) is 12.5 Å². The van der Waals surface area contributed by atoms with Crippen LogP contribution in [0.3, 0.4) is 0 Å². The first-order valence-electron chi connectivity index (χ1n) is 8.91. The fourth-order valence-electron chi connectivity index (χ4n) is 2.80. The van der Waals surface area contributed by atoms with E-state index in [1.54, 1.807) is 36.5 Å². The number of nitrogens with zero attached hydrogens (tertiary/aromatic N) is 2. The van der Waals surface area contributed by atoms with Crippen LogP contribution in [0.4, 0.5) is 17.1 Å². The zero-order valence-corrected chi connectivity index (χ0v) is 15.8. The molecule has 0 aliphatic rings. The van der Waals surface area contributed by atoms with E-state index in [9.17, 15) is 9.59 Å². The van der Waals surface area contributed by atoms with Crippen molar-refractivity contribution in [1.29, 1.82) is 0 Å². The maximum atomic E-state index is 12.6. The molecule has 0 aliphatic carbocycles. The van der Waals surface area contributed by atoms with Gasteiger partial charge in [-0.1, -0.05) is 36.4 Å². The number of nitrogens with one attached hydrogen (secondary N) is 2. The molecule has 1 heterocycles. The Labute approximate surface area is 164 Å². The van der Waals surface area contributed by atoms with Crippen molar-refractivity contribution in [3.8, 4) is 0 Å². The van der Waals surface area contributed by atoms with Crippen LogP contribution in [0.15, 0.2) is 72.9 Å². The van der Waals surface area contributed by atoms with Gasteiger partial charge < -0.3 is 15.5 Å².